The lowest BCUT2D eigenvalue weighted by atomic mass is 10.0. The van der Waals surface area contributed by atoms with Gasteiger partial charge in [0.25, 0.3) is 0 Å². The quantitative estimate of drug-likeness (QED) is 0.295. The number of nitrogens with zero attached hydrogens (tertiary/aromatic N) is 1. The van der Waals surface area contributed by atoms with E-state index in [1.165, 1.54) is 0 Å². The van der Waals surface area contributed by atoms with Crippen molar-refractivity contribution in [1.29, 1.82) is 0 Å². The van der Waals surface area contributed by atoms with E-state index in [9.17, 15) is 4.39 Å². The molecule has 0 unspecified atom stereocenters. The molecule has 10 nitrogen and oxygen atoms in total. The van der Waals surface area contributed by atoms with Crippen molar-refractivity contribution in [3.05, 3.63) is 53.9 Å². The molecule has 3 rings (SSSR count). The molecule has 0 bridgehead atoms. The van der Waals surface area contributed by atoms with Crippen molar-refractivity contribution < 1.29 is 47.9 Å². The summed E-state index contributed by atoms with van der Waals surface area (Å²) < 4.78 is 39.1. The Kier molecular flexibility index (Phi) is 11.2. The van der Waals surface area contributed by atoms with E-state index < -0.39 is 18.6 Å². The van der Waals surface area contributed by atoms with Crippen LogP contribution < -0.4 is 18.9 Å². The fraction of sp³-hybridized carbons (Fsp3) is 0.320. The van der Waals surface area contributed by atoms with Crippen LogP contribution >= 0.6 is 0 Å². The normalized spacial score (nSPS) is 10.2. The third kappa shape index (κ3) is 7.98. The number of halogens is 1. The van der Waals surface area contributed by atoms with Gasteiger partial charge in [0.1, 0.15) is 13.3 Å². The topological polar surface area (TPSA) is 134 Å². The first-order valence-electron chi connectivity index (χ1n) is 10.7. The number of ether oxygens (including phenoxy) is 5. The van der Waals surface area contributed by atoms with Gasteiger partial charge in [-0.2, -0.15) is 0 Å². The van der Waals surface area contributed by atoms with Gasteiger partial charge in [-0.3, -0.25) is 4.98 Å². The van der Waals surface area contributed by atoms with E-state index in [0.29, 0.717) is 42.6 Å². The molecule has 1 aromatic heterocycles. The van der Waals surface area contributed by atoms with Gasteiger partial charge in [0.15, 0.2) is 23.0 Å². The Morgan fingerprint density at radius 3 is 2.08 bits per heavy atom. The molecule has 36 heavy (non-hydrogen) atoms. The van der Waals surface area contributed by atoms with Crippen LogP contribution in [-0.2, 0) is 20.7 Å². The van der Waals surface area contributed by atoms with Crippen molar-refractivity contribution in [2.45, 2.75) is 6.42 Å². The van der Waals surface area contributed by atoms with Crippen molar-refractivity contribution in [1.82, 2.24) is 4.98 Å². The third-order valence-electron chi connectivity index (χ3n) is 4.84. The number of carboxylic acid groups (broad SMARTS) is 2. The summed E-state index contributed by atoms with van der Waals surface area (Å²) in [7, 11) is 4.83. The second-order valence-electron chi connectivity index (χ2n) is 7.11. The Morgan fingerprint density at radius 1 is 0.833 bits per heavy atom. The van der Waals surface area contributed by atoms with E-state index in [-0.39, 0.29) is 6.61 Å². The molecule has 0 saturated carbocycles. The molecule has 0 aliphatic carbocycles. The Hall–Kier alpha value is -4.12. The van der Waals surface area contributed by atoms with E-state index >= 15 is 0 Å². The van der Waals surface area contributed by atoms with Crippen LogP contribution in [0.1, 0.15) is 11.3 Å². The van der Waals surface area contributed by atoms with Crippen LogP contribution in [0.25, 0.3) is 10.8 Å². The molecule has 3 aromatic rings. The first kappa shape index (κ1) is 28.1. The average molecular weight is 505 g/mol. The number of rotatable bonds is 11. The van der Waals surface area contributed by atoms with Gasteiger partial charge in [0.2, 0.25) is 0 Å². The maximum Gasteiger partial charge on any atom is 0.414 e. The number of hydrogen-bond acceptors (Lipinski definition) is 8. The summed E-state index contributed by atoms with van der Waals surface area (Å²) in [5.74, 6) is -1.07. The first-order chi connectivity index (χ1) is 17.3. The summed E-state index contributed by atoms with van der Waals surface area (Å²) in [5, 5.41) is 16.8. The van der Waals surface area contributed by atoms with Gasteiger partial charge in [-0.15, -0.1) is 0 Å². The molecular weight excluding hydrogens is 477 g/mol. The summed E-state index contributed by atoms with van der Waals surface area (Å²) in [6.45, 7) is 0.218. The number of aromatic nitrogens is 1. The summed E-state index contributed by atoms with van der Waals surface area (Å²) >= 11 is 0. The van der Waals surface area contributed by atoms with Crippen molar-refractivity contribution in [2.24, 2.45) is 0 Å². The fourth-order valence-electron chi connectivity index (χ4n) is 3.20. The standard InChI is InChI=1S/C23H26FNO5.C2H2O4/c1-26-21-13-16(4-5-20(21)30-11-10-29-9-7-24)12-19-18-15-23(28-3)22(27-2)14-17(18)6-8-25-19;3-1(4)2(5)6/h4-6,8,13-15H,7,9-12H2,1-3H3;(H,3,4)(H,5,6). The minimum atomic E-state index is -1.82. The predicted molar refractivity (Wildman–Crippen MR) is 128 cm³/mol. The molecule has 0 aliphatic heterocycles. The maximum atomic E-state index is 12.1. The van der Waals surface area contributed by atoms with Crippen LogP contribution in [0.15, 0.2) is 42.6 Å². The third-order valence-corrected chi connectivity index (χ3v) is 4.84. The van der Waals surface area contributed by atoms with Crippen LogP contribution in [0.2, 0.25) is 0 Å². The molecule has 194 valence electrons. The van der Waals surface area contributed by atoms with Crippen LogP contribution in [-0.4, -0.2) is 75.0 Å². The fourth-order valence-corrected chi connectivity index (χ4v) is 3.20. The van der Waals surface area contributed by atoms with E-state index in [0.717, 1.165) is 22.0 Å². The van der Waals surface area contributed by atoms with Crippen molar-refractivity contribution in [3.63, 3.8) is 0 Å². The zero-order valence-electron chi connectivity index (χ0n) is 20.2. The number of aliphatic carboxylic acids is 2. The molecule has 0 spiro atoms. The highest BCUT2D eigenvalue weighted by Gasteiger charge is 2.12. The summed E-state index contributed by atoms with van der Waals surface area (Å²) in [6, 6.07) is 11.6. The monoisotopic (exact) mass is 505 g/mol. The van der Waals surface area contributed by atoms with Crippen molar-refractivity contribution in [2.75, 3.05) is 47.8 Å². The van der Waals surface area contributed by atoms with Crippen LogP contribution in [0.3, 0.4) is 0 Å². The molecule has 1 heterocycles. The van der Waals surface area contributed by atoms with Gasteiger partial charge in [-0.1, -0.05) is 6.07 Å². The molecule has 2 N–H and O–H groups in total. The second kappa shape index (κ2) is 14.3. The Balaban J connectivity index is 0.000000678. The molecule has 0 fully saturated rings. The smallest absolute Gasteiger partial charge is 0.414 e. The second-order valence-corrected chi connectivity index (χ2v) is 7.11. The summed E-state index contributed by atoms with van der Waals surface area (Å²) in [5.41, 5.74) is 1.95. The zero-order chi connectivity index (χ0) is 26.5. The highest BCUT2D eigenvalue weighted by atomic mass is 19.1. The number of pyridine rings is 1. The lowest BCUT2D eigenvalue weighted by Crippen LogP contribution is -2.09. The molecule has 0 aliphatic rings. The molecule has 0 saturated heterocycles. The Morgan fingerprint density at radius 2 is 1.47 bits per heavy atom. The SMILES string of the molecule is COc1cc2ccnc(Cc3ccc(OCCOCCF)c(OC)c3)c2cc1OC.O=C(O)C(=O)O. The highest BCUT2D eigenvalue weighted by molar-refractivity contribution is 6.27. The molecular formula is C25H28FNO9. The van der Waals surface area contributed by atoms with Gasteiger partial charge in [-0.05, 0) is 41.3 Å². The van der Waals surface area contributed by atoms with Crippen molar-refractivity contribution >= 4 is 22.7 Å². The number of methoxy groups -OCH3 is 3. The van der Waals surface area contributed by atoms with E-state index in [4.69, 9.17) is 43.5 Å². The van der Waals surface area contributed by atoms with E-state index in [1.54, 1.807) is 27.5 Å². The lowest BCUT2D eigenvalue weighted by molar-refractivity contribution is -0.159. The lowest BCUT2D eigenvalue weighted by Gasteiger charge is -2.14. The molecule has 0 atom stereocenters. The Labute approximate surface area is 207 Å². The maximum absolute atomic E-state index is 12.1. The highest BCUT2D eigenvalue weighted by Crippen LogP contribution is 2.34. The molecule has 0 radical (unpaired) electrons. The number of carboxylic acids is 2. The Bertz CT molecular complexity index is 1160. The van der Waals surface area contributed by atoms with Crippen LogP contribution in [0.4, 0.5) is 4.39 Å². The van der Waals surface area contributed by atoms with Gasteiger partial charge in [0, 0.05) is 18.0 Å². The summed E-state index contributed by atoms with van der Waals surface area (Å²) in [6.07, 6.45) is 2.40. The number of fused-ring (bicyclic) bond motifs is 1. The molecule has 0 amide bonds. The predicted octanol–water partition coefficient (Wildman–Crippen LogP) is 3.37. The number of hydrogen-bond donors (Lipinski definition) is 2. The zero-order valence-corrected chi connectivity index (χ0v) is 20.2. The largest absolute Gasteiger partial charge is 0.493 e. The number of carbonyl (C=O) groups is 2. The van der Waals surface area contributed by atoms with E-state index in [1.807, 2.05) is 36.4 Å². The number of benzene rings is 2. The van der Waals surface area contributed by atoms with Gasteiger partial charge in [0.05, 0.1) is 40.2 Å². The van der Waals surface area contributed by atoms with Crippen LogP contribution in [0, 0.1) is 0 Å². The van der Waals surface area contributed by atoms with Gasteiger partial charge < -0.3 is 33.9 Å². The van der Waals surface area contributed by atoms with Crippen LogP contribution in [0.5, 0.6) is 23.0 Å². The molecule has 11 heteroatoms. The average Bonchev–Trinajstić information content (AvgIpc) is 2.88. The summed E-state index contributed by atoms with van der Waals surface area (Å²) in [4.78, 5) is 22.8. The minimum Gasteiger partial charge on any atom is -0.493 e. The van der Waals surface area contributed by atoms with Gasteiger partial charge in [-0.25, -0.2) is 14.0 Å². The number of alkyl halides is 1. The van der Waals surface area contributed by atoms with E-state index in [2.05, 4.69) is 4.98 Å². The van der Waals surface area contributed by atoms with Crippen molar-refractivity contribution in [3.8, 4) is 23.0 Å². The first-order valence-corrected chi connectivity index (χ1v) is 10.7. The molecule has 2 aromatic carbocycles. The minimum absolute atomic E-state index is 0.0775. The van der Waals surface area contributed by atoms with Gasteiger partial charge >= 0.3 is 11.9 Å².